The summed E-state index contributed by atoms with van der Waals surface area (Å²) in [5.74, 6) is -1.86. The number of carbonyl (C=O) groups excluding carboxylic acids is 4. The topological polar surface area (TPSA) is 105 Å². The van der Waals surface area contributed by atoms with Gasteiger partial charge in [0.1, 0.15) is 17.6 Å². The Morgan fingerprint density at radius 3 is 2.73 bits per heavy atom. The number of piperidine rings is 1. The fraction of sp³-hybridized carbons (Fsp3) is 0.308. The number of rotatable bonds is 4. The number of ether oxygens (including phenoxy) is 2. The molecule has 192 valence electrons. The Morgan fingerprint density at radius 1 is 1.19 bits per heavy atom. The molecule has 0 radical (unpaired) electrons. The van der Waals surface area contributed by atoms with Crippen molar-refractivity contribution in [3.05, 3.63) is 63.9 Å². The molecular formula is C26H23ClFN3O6. The van der Waals surface area contributed by atoms with E-state index in [4.69, 9.17) is 21.1 Å². The van der Waals surface area contributed by atoms with Crippen LogP contribution in [0.2, 0.25) is 5.02 Å². The second-order valence-electron chi connectivity index (χ2n) is 8.98. The highest BCUT2D eigenvalue weighted by molar-refractivity contribution is 6.32. The maximum absolute atomic E-state index is 14.8. The van der Waals surface area contributed by atoms with Gasteiger partial charge in [-0.3, -0.25) is 24.6 Å². The third-order valence-electron chi connectivity index (χ3n) is 6.69. The molecule has 2 aromatic carbocycles. The van der Waals surface area contributed by atoms with Crippen molar-refractivity contribution in [2.45, 2.75) is 31.8 Å². The number of nitrogens with zero attached hydrogens (tertiary/aromatic N) is 2. The summed E-state index contributed by atoms with van der Waals surface area (Å²) in [6.45, 7) is 1.15. The number of fused-ring (bicyclic) bond motifs is 1. The van der Waals surface area contributed by atoms with E-state index >= 15 is 0 Å². The largest absolute Gasteiger partial charge is 0.419 e. The molecule has 0 aliphatic carbocycles. The van der Waals surface area contributed by atoms with E-state index in [0.717, 1.165) is 16.5 Å². The molecule has 2 aromatic rings. The van der Waals surface area contributed by atoms with Gasteiger partial charge in [-0.2, -0.15) is 0 Å². The summed E-state index contributed by atoms with van der Waals surface area (Å²) in [6.07, 6.45) is 2.01. The van der Waals surface area contributed by atoms with Gasteiger partial charge in [0.25, 0.3) is 5.91 Å². The molecule has 0 saturated carbocycles. The highest BCUT2D eigenvalue weighted by Crippen LogP contribution is 2.34. The molecule has 3 heterocycles. The van der Waals surface area contributed by atoms with E-state index in [-0.39, 0.29) is 41.8 Å². The van der Waals surface area contributed by atoms with Crippen LogP contribution in [0.15, 0.2) is 36.4 Å². The molecule has 1 saturated heterocycles. The standard InChI is InChI=1S/C26H23ClFN3O6/c1-30(22-11-17(19(27)12-20(22)28)14-6-8-36-9-7-14)26(35)37-16-3-2-15-13-31(25(34)18(15)10-16)21-4-5-23(32)29-24(21)33/h2-3,6,10-12,21H,4-5,7-9,13H2,1H3,(H,29,32,33). The predicted octanol–water partition coefficient (Wildman–Crippen LogP) is 3.68. The quantitative estimate of drug-likeness (QED) is 0.608. The molecule has 0 aromatic heterocycles. The Balaban J connectivity index is 1.33. The van der Waals surface area contributed by atoms with Crippen molar-refractivity contribution >= 4 is 46.7 Å². The van der Waals surface area contributed by atoms with Gasteiger partial charge in [0.05, 0.1) is 23.9 Å². The highest BCUT2D eigenvalue weighted by Gasteiger charge is 2.39. The molecule has 11 heteroatoms. The molecule has 3 aliphatic rings. The molecular weight excluding hydrogens is 505 g/mol. The summed E-state index contributed by atoms with van der Waals surface area (Å²) in [5.41, 5.74) is 2.46. The normalized spacial score (nSPS) is 19.3. The number of carbonyl (C=O) groups is 4. The summed E-state index contributed by atoms with van der Waals surface area (Å²) in [7, 11) is 1.38. The van der Waals surface area contributed by atoms with Gasteiger partial charge >= 0.3 is 6.09 Å². The molecule has 0 spiro atoms. The van der Waals surface area contributed by atoms with Gasteiger partial charge in [-0.15, -0.1) is 0 Å². The first-order chi connectivity index (χ1) is 17.7. The molecule has 37 heavy (non-hydrogen) atoms. The Bertz CT molecular complexity index is 1360. The van der Waals surface area contributed by atoms with Gasteiger partial charge in [-0.1, -0.05) is 23.7 Å². The van der Waals surface area contributed by atoms with Crippen molar-refractivity contribution < 1.29 is 33.0 Å². The number of benzene rings is 2. The Morgan fingerprint density at radius 2 is 2.00 bits per heavy atom. The monoisotopic (exact) mass is 527 g/mol. The van der Waals surface area contributed by atoms with Crippen molar-refractivity contribution in [3.8, 4) is 5.75 Å². The molecule has 1 N–H and O–H groups in total. The molecule has 0 bridgehead atoms. The lowest BCUT2D eigenvalue weighted by Crippen LogP contribution is -2.52. The number of amides is 4. The van der Waals surface area contributed by atoms with E-state index in [1.807, 2.05) is 6.08 Å². The lowest BCUT2D eigenvalue weighted by atomic mass is 10.0. The lowest BCUT2D eigenvalue weighted by Gasteiger charge is -2.29. The van der Waals surface area contributed by atoms with Crippen LogP contribution in [0.1, 0.15) is 40.7 Å². The fourth-order valence-electron chi connectivity index (χ4n) is 4.68. The zero-order chi connectivity index (χ0) is 26.3. The summed E-state index contributed by atoms with van der Waals surface area (Å²) in [5, 5.41) is 2.49. The lowest BCUT2D eigenvalue weighted by molar-refractivity contribution is -0.136. The van der Waals surface area contributed by atoms with Gasteiger partial charge in [-0.05, 0) is 53.8 Å². The van der Waals surface area contributed by atoms with E-state index in [2.05, 4.69) is 5.32 Å². The minimum absolute atomic E-state index is 0.0157. The van der Waals surface area contributed by atoms with Crippen LogP contribution in [0.3, 0.4) is 0 Å². The molecule has 3 aliphatic heterocycles. The summed E-state index contributed by atoms with van der Waals surface area (Å²) >= 11 is 6.27. The van der Waals surface area contributed by atoms with E-state index in [1.54, 1.807) is 6.07 Å². The fourth-order valence-corrected chi connectivity index (χ4v) is 4.95. The number of hydrogen-bond acceptors (Lipinski definition) is 6. The molecule has 1 unspecified atom stereocenters. The summed E-state index contributed by atoms with van der Waals surface area (Å²) in [6, 6.07) is 6.50. The molecule has 1 fully saturated rings. The molecule has 1 atom stereocenters. The van der Waals surface area contributed by atoms with Crippen LogP contribution in [0.25, 0.3) is 5.57 Å². The zero-order valence-corrected chi connectivity index (χ0v) is 20.6. The van der Waals surface area contributed by atoms with Gasteiger partial charge in [0.15, 0.2) is 0 Å². The third-order valence-corrected chi connectivity index (χ3v) is 7.00. The number of nitrogens with one attached hydrogen (secondary N) is 1. The van der Waals surface area contributed by atoms with Crippen LogP contribution >= 0.6 is 11.6 Å². The van der Waals surface area contributed by atoms with Crippen LogP contribution in [0, 0.1) is 5.82 Å². The van der Waals surface area contributed by atoms with E-state index in [0.29, 0.717) is 36.3 Å². The first-order valence-electron chi connectivity index (χ1n) is 11.7. The van der Waals surface area contributed by atoms with Gasteiger partial charge in [0.2, 0.25) is 11.8 Å². The van der Waals surface area contributed by atoms with Gasteiger partial charge < -0.3 is 14.4 Å². The van der Waals surface area contributed by atoms with E-state index < -0.39 is 29.8 Å². The van der Waals surface area contributed by atoms with Crippen LogP contribution < -0.4 is 15.0 Å². The number of anilines is 1. The second-order valence-corrected chi connectivity index (χ2v) is 9.39. The summed E-state index contributed by atoms with van der Waals surface area (Å²) in [4.78, 5) is 52.0. The number of imide groups is 1. The maximum atomic E-state index is 14.8. The predicted molar refractivity (Wildman–Crippen MR) is 132 cm³/mol. The Hall–Kier alpha value is -3.76. The molecule has 5 rings (SSSR count). The van der Waals surface area contributed by atoms with Crippen LogP contribution in [-0.2, 0) is 20.9 Å². The van der Waals surface area contributed by atoms with Gasteiger partial charge in [-0.25, -0.2) is 9.18 Å². The second kappa shape index (κ2) is 9.95. The maximum Gasteiger partial charge on any atom is 0.419 e. The molecule has 4 amide bonds. The average molecular weight is 528 g/mol. The molecule has 9 nitrogen and oxygen atoms in total. The van der Waals surface area contributed by atoms with Crippen LogP contribution in [0.4, 0.5) is 14.9 Å². The van der Waals surface area contributed by atoms with Crippen molar-refractivity contribution in [1.29, 1.82) is 0 Å². The minimum atomic E-state index is -0.861. The zero-order valence-electron chi connectivity index (χ0n) is 19.9. The third kappa shape index (κ3) is 4.82. The Labute approximate surface area is 216 Å². The highest BCUT2D eigenvalue weighted by atomic mass is 35.5. The van der Waals surface area contributed by atoms with Gasteiger partial charge in [0, 0.05) is 25.6 Å². The van der Waals surface area contributed by atoms with Crippen molar-refractivity contribution in [3.63, 3.8) is 0 Å². The summed E-state index contributed by atoms with van der Waals surface area (Å²) < 4.78 is 25.5. The SMILES string of the molecule is CN(C(=O)Oc1ccc2c(c1)C(=O)N(C1CCC(=O)NC1=O)C2)c1cc(C2=CCOCC2)c(Cl)cc1F. The van der Waals surface area contributed by atoms with Crippen LogP contribution in [-0.4, -0.2) is 55.0 Å². The van der Waals surface area contributed by atoms with E-state index in [1.165, 1.54) is 30.1 Å². The first kappa shape index (κ1) is 24.9. The number of hydrogen-bond donors (Lipinski definition) is 1. The van der Waals surface area contributed by atoms with E-state index in [9.17, 15) is 23.6 Å². The van der Waals surface area contributed by atoms with Crippen molar-refractivity contribution in [2.75, 3.05) is 25.2 Å². The van der Waals surface area contributed by atoms with Crippen LogP contribution in [0.5, 0.6) is 5.75 Å². The van der Waals surface area contributed by atoms with Crippen molar-refractivity contribution in [2.24, 2.45) is 0 Å². The minimum Gasteiger partial charge on any atom is -0.410 e. The number of halogens is 2. The smallest absolute Gasteiger partial charge is 0.410 e. The first-order valence-corrected chi connectivity index (χ1v) is 12.1. The van der Waals surface area contributed by atoms with Crippen molar-refractivity contribution in [1.82, 2.24) is 10.2 Å². The Kier molecular flexibility index (Phi) is 6.70. The average Bonchev–Trinajstić information content (AvgIpc) is 3.19.